The monoisotopic (exact) mass is 227 g/mol. The molecule has 0 fully saturated rings. The highest BCUT2D eigenvalue weighted by Crippen LogP contribution is 2.29. The molecule has 2 rings (SSSR count). The van der Waals surface area contributed by atoms with E-state index in [2.05, 4.69) is 24.9 Å². The third kappa shape index (κ3) is 1.62. The summed E-state index contributed by atoms with van der Waals surface area (Å²) in [5.41, 5.74) is 2.16. The van der Waals surface area contributed by atoms with Gasteiger partial charge in [0, 0.05) is 16.1 Å². The normalized spacial score (nSPS) is 11.5. The van der Waals surface area contributed by atoms with Gasteiger partial charge >= 0.3 is 0 Å². The maximum atomic E-state index is 6.06. The van der Waals surface area contributed by atoms with E-state index in [1.807, 2.05) is 6.07 Å². The zero-order chi connectivity index (χ0) is 10.3. The molecule has 0 spiro atoms. The van der Waals surface area contributed by atoms with Crippen LogP contribution in [0.4, 0.5) is 0 Å². The second-order valence-corrected chi connectivity index (χ2v) is 4.57. The molecule has 0 saturated carbocycles. The summed E-state index contributed by atoms with van der Waals surface area (Å²) in [5.74, 6) is 0.470. The average molecular weight is 228 g/mol. The lowest BCUT2D eigenvalue weighted by molar-refractivity contribution is 0.836. The minimum Gasteiger partial charge on any atom is -0.357 e. The van der Waals surface area contributed by atoms with Gasteiger partial charge in [-0.2, -0.15) is 0 Å². The number of H-pyrrole nitrogens is 1. The Bertz CT molecular complexity index is 471. The van der Waals surface area contributed by atoms with Crippen molar-refractivity contribution in [2.24, 2.45) is 0 Å². The molecule has 2 aromatic rings. The number of hydrogen-bond donors (Lipinski definition) is 1. The summed E-state index contributed by atoms with van der Waals surface area (Å²) in [6.07, 6.45) is 0. The fraction of sp³-hybridized carbons (Fsp3) is 0.273. The van der Waals surface area contributed by atoms with Gasteiger partial charge in [-0.15, -0.1) is 0 Å². The van der Waals surface area contributed by atoms with Gasteiger partial charge in [0.1, 0.15) is 0 Å². The van der Waals surface area contributed by atoms with Crippen LogP contribution < -0.4 is 0 Å². The first-order valence-electron chi connectivity index (χ1n) is 4.55. The third-order valence-electron chi connectivity index (χ3n) is 2.29. The fourth-order valence-corrected chi connectivity index (χ4v) is 2.05. The topological polar surface area (TPSA) is 15.8 Å². The van der Waals surface area contributed by atoms with Crippen LogP contribution in [0.1, 0.15) is 25.5 Å². The molecule has 3 heteroatoms. The molecule has 0 aliphatic heterocycles. The van der Waals surface area contributed by atoms with Gasteiger partial charge in [-0.05, 0) is 24.1 Å². The zero-order valence-electron chi connectivity index (χ0n) is 8.07. The van der Waals surface area contributed by atoms with Crippen molar-refractivity contribution in [2.75, 3.05) is 0 Å². The van der Waals surface area contributed by atoms with Crippen LogP contribution in [0.15, 0.2) is 18.2 Å². The molecular formula is C11H11Cl2N. The second-order valence-electron chi connectivity index (χ2n) is 3.73. The molecule has 0 unspecified atom stereocenters. The first-order chi connectivity index (χ1) is 6.58. The van der Waals surface area contributed by atoms with Crippen molar-refractivity contribution in [3.05, 3.63) is 33.9 Å². The zero-order valence-corrected chi connectivity index (χ0v) is 9.58. The van der Waals surface area contributed by atoms with Crippen molar-refractivity contribution in [1.82, 2.24) is 4.98 Å². The van der Waals surface area contributed by atoms with Crippen LogP contribution in [0.2, 0.25) is 10.0 Å². The van der Waals surface area contributed by atoms with Gasteiger partial charge in [0.05, 0.1) is 10.5 Å². The lowest BCUT2D eigenvalue weighted by Crippen LogP contribution is -1.84. The molecule has 74 valence electrons. The number of aromatic amines is 1. The molecule has 1 aromatic carbocycles. The van der Waals surface area contributed by atoms with Crippen LogP contribution in [0.5, 0.6) is 0 Å². The molecule has 0 amide bonds. The summed E-state index contributed by atoms with van der Waals surface area (Å²) in [6, 6.07) is 5.77. The number of hydrogen-bond acceptors (Lipinski definition) is 0. The Morgan fingerprint density at radius 3 is 2.50 bits per heavy atom. The van der Waals surface area contributed by atoms with Gasteiger partial charge in [-0.25, -0.2) is 0 Å². The first kappa shape index (κ1) is 9.88. The molecule has 0 aliphatic carbocycles. The van der Waals surface area contributed by atoms with Crippen LogP contribution in [0, 0.1) is 0 Å². The third-order valence-corrected chi connectivity index (χ3v) is 2.80. The van der Waals surface area contributed by atoms with Crippen LogP contribution >= 0.6 is 23.2 Å². The van der Waals surface area contributed by atoms with E-state index in [-0.39, 0.29) is 0 Å². The van der Waals surface area contributed by atoms with E-state index in [1.165, 1.54) is 5.69 Å². The van der Waals surface area contributed by atoms with E-state index < -0.39 is 0 Å². The Morgan fingerprint density at radius 1 is 1.14 bits per heavy atom. The molecule has 1 aromatic heterocycles. The van der Waals surface area contributed by atoms with Crippen LogP contribution in [0.25, 0.3) is 10.9 Å². The minimum atomic E-state index is 0.470. The van der Waals surface area contributed by atoms with Gasteiger partial charge in [0.2, 0.25) is 0 Å². The standard InChI is InChI=1S/C11H11Cl2N/c1-6(2)10-4-7-3-8(12)5-9(13)11(7)14-10/h3-6,14H,1-2H3. The highest BCUT2D eigenvalue weighted by atomic mass is 35.5. The maximum absolute atomic E-state index is 6.06. The summed E-state index contributed by atoms with van der Waals surface area (Å²) in [4.78, 5) is 3.30. The van der Waals surface area contributed by atoms with Crippen LogP contribution in [-0.2, 0) is 0 Å². The van der Waals surface area contributed by atoms with Crippen LogP contribution in [0.3, 0.4) is 0 Å². The molecule has 1 heterocycles. The Morgan fingerprint density at radius 2 is 1.86 bits per heavy atom. The number of benzene rings is 1. The minimum absolute atomic E-state index is 0.470. The lowest BCUT2D eigenvalue weighted by Gasteiger charge is -1.98. The molecule has 14 heavy (non-hydrogen) atoms. The van der Waals surface area contributed by atoms with Crippen molar-refractivity contribution in [3.8, 4) is 0 Å². The van der Waals surface area contributed by atoms with Crippen molar-refractivity contribution >= 4 is 34.1 Å². The van der Waals surface area contributed by atoms with Crippen molar-refractivity contribution in [2.45, 2.75) is 19.8 Å². The van der Waals surface area contributed by atoms with Crippen molar-refractivity contribution in [3.63, 3.8) is 0 Å². The van der Waals surface area contributed by atoms with E-state index in [4.69, 9.17) is 23.2 Å². The predicted molar refractivity (Wildman–Crippen MR) is 62.4 cm³/mol. The summed E-state index contributed by atoms with van der Waals surface area (Å²) < 4.78 is 0. The molecule has 1 nitrogen and oxygen atoms in total. The predicted octanol–water partition coefficient (Wildman–Crippen LogP) is 4.60. The molecular weight excluding hydrogens is 217 g/mol. The maximum Gasteiger partial charge on any atom is 0.0661 e. The number of halogens is 2. The number of fused-ring (bicyclic) bond motifs is 1. The molecule has 0 atom stereocenters. The average Bonchev–Trinajstić information content (AvgIpc) is 2.47. The number of aromatic nitrogens is 1. The summed E-state index contributed by atoms with van der Waals surface area (Å²) >= 11 is 12.0. The van der Waals surface area contributed by atoms with Crippen molar-refractivity contribution in [1.29, 1.82) is 0 Å². The van der Waals surface area contributed by atoms with Crippen molar-refractivity contribution < 1.29 is 0 Å². The van der Waals surface area contributed by atoms with E-state index in [9.17, 15) is 0 Å². The molecule has 1 N–H and O–H groups in total. The summed E-state index contributed by atoms with van der Waals surface area (Å²) in [5, 5.41) is 2.43. The van der Waals surface area contributed by atoms with E-state index in [0.29, 0.717) is 16.0 Å². The largest absolute Gasteiger partial charge is 0.357 e. The van der Waals surface area contributed by atoms with E-state index in [0.717, 1.165) is 10.9 Å². The smallest absolute Gasteiger partial charge is 0.0661 e. The van der Waals surface area contributed by atoms with Gasteiger partial charge < -0.3 is 4.98 Å². The first-order valence-corrected chi connectivity index (χ1v) is 5.31. The van der Waals surface area contributed by atoms with Gasteiger partial charge in [0.25, 0.3) is 0 Å². The summed E-state index contributed by atoms with van der Waals surface area (Å²) in [6.45, 7) is 4.28. The van der Waals surface area contributed by atoms with Gasteiger partial charge in [0.15, 0.2) is 0 Å². The Kier molecular flexibility index (Phi) is 2.46. The number of nitrogens with one attached hydrogen (secondary N) is 1. The fourth-order valence-electron chi connectivity index (χ4n) is 1.50. The van der Waals surface area contributed by atoms with Crippen LogP contribution in [-0.4, -0.2) is 4.98 Å². The SMILES string of the molecule is CC(C)c1cc2cc(Cl)cc(Cl)c2[nH]1. The second kappa shape index (κ2) is 3.48. The van der Waals surface area contributed by atoms with E-state index >= 15 is 0 Å². The molecule has 0 radical (unpaired) electrons. The Balaban J connectivity index is 2.70. The Hall–Kier alpha value is -0.660. The quantitative estimate of drug-likeness (QED) is 0.734. The highest BCUT2D eigenvalue weighted by Gasteiger charge is 2.07. The molecule has 0 bridgehead atoms. The summed E-state index contributed by atoms with van der Waals surface area (Å²) in [7, 11) is 0. The molecule has 0 saturated heterocycles. The Labute approximate surface area is 93.0 Å². The van der Waals surface area contributed by atoms with E-state index in [1.54, 1.807) is 6.07 Å². The molecule has 0 aliphatic rings. The lowest BCUT2D eigenvalue weighted by atomic mass is 10.1. The highest BCUT2D eigenvalue weighted by molar-refractivity contribution is 6.38. The van der Waals surface area contributed by atoms with Gasteiger partial charge in [-0.3, -0.25) is 0 Å². The number of rotatable bonds is 1. The van der Waals surface area contributed by atoms with Gasteiger partial charge in [-0.1, -0.05) is 37.0 Å².